The minimum atomic E-state index is -0.137. The third kappa shape index (κ3) is 3.50. The van der Waals surface area contributed by atoms with E-state index in [1.165, 1.54) is 6.92 Å². The Labute approximate surface area is 89.4 Å². The number of amides is 1. The maximum absolute atomic E-state index is 10.9. The van der Waals surface area contributed by atoms with E-state index in [2.05, 4.69) is 5.32 Å². The molecule has 1 aromatic carbocycles. The van der Waals surface area contributed by atoms with Crippen molar-refractivity contribution in [3.05, 3.63) is 18.2 Å². The highest BCUT2D eigenvalue weighted by Gasteiger charge is 2.05. The summed E-state index contributed by atoms with van der Waals surface area (Å²) in [5.41, 5.74) is 6.85. The monoisotopic (exact) mass is 208 g/mol. The number of anilines is 2. The zero-order chi connectivity index (χ0) is 11.3. The van der Waals surface area contributed by atoms with Gasteiger partial charge in [-0.1, -0.05) is 6.92 Å². The van der Waals surface area contributed by atoms with Crippen LogP contribution in [0.5, 0.6) is 5.75 Å². The van der Waals surface area contributed by atoms with Crippen molar-refractivity contribution in [2.45, 2.75) is 20.3 Å². The van der Waals surface area contributed by atoms with Crippen molar-refractivity contribution in [3.63, 3.8) is 0 Å². The van der Waals surface area contributed by atoms with Crippen molar-refractivity contribution in [1.29, 1.82) is 0 Å². The van der Waals surface area contributed by atoms with Crippen LogP contribution in [0.15, 0.2) is 18.2 Å². The van der Waals surface area contributed by atoms with Gasteiger partial charge in [0.2, 0.25) is 5.91 Å². The van der Waals surface area contributed by atoms with Gasteiger partial charge in [0.1, 0.15) is 5.75 Å². The van der Waals surface area contributed by atoms with Crippen LogP contribution in [0.3, 0.4) is 0 Å². The van der Waals surface area contributed by atoms with Crippen LogP contribution < -0.4 is 15.8 Å². The van der Waals surface area contributed by atoms with Gasteiger partial charge in [-0.3, -0.25) is 4.79 Å². The molecule has 82 valence electrons. The van der Waals surface area contributed by atoms with Crippen molar-refractivity contribution >= 4 is 17.3 Å². The Morgan fingerprint density at radius 1 is 1.53 bits per heavy atom. The molecule has 1 amide bonds. The van der Waals surface area contributed by atoms with E-state index in [0.717, 1.165) is 6.42 Å². The standard InChI is InChI=1S/C11H16N2O2/c1-3-6-15-11-5-4-9(12)7-10(11)13-8(2)14/h4-5,7H,3,6,12H2,1-2H3,(H,13,14). The normalized spacial score (nSPS) is 9.73. The Kier molecular flexibility index (Phi) is 3.97. The molecular weight excluding hydrogens is 192 g/mol. The number of carbonyl (C=O) groups is 1. The molecule has 0 saturated carbocycles. The number of nitrogens with two attached hydrogens (primary N) is 1. The third-order valence-corrected chi connectivity index (χ3v) is 1.78. The van der Waals surface area contributed by atoms with E-state index in [4.69, 9.17) is 10.5 Å². The van der Waals surface area contributed by atoms with Crippen LogP contribution in [-0.2, 0) is 4.79 Å². The van der Waals surface area contributed by atoms with Crippen molar-refractivity contribution < 1.29 is 9.53 Å². The van der Waals surface area contributed by atoms with Crippen LogP contribution >= 0.6 is 0 Å². The minimum absolute atomic E-state index is 0.137. The second-order valence-electron chi connectivity index (χ2n) is 3.29. The van der Waals surface area contributed by atoms with E-state index in [1.54, 1.807) is 18.2 Å². The number of carbonyl (C=O) groups excluding carboxylic acids is 1. The number of nitrogens with one attached hydrogen (secondary N) is 1. The predicted molar refractivity (Wildman–Crippen MR) is 60.9 cm³/mol. The summed E-state index contributed by atoms with van der Waals surface area (Å²) in [7, 11) is 0. The second-order valence-corrected chi connectivity index (χ2v) is 3.29. The SMILES string of the molecule is CCCOc1ccc(N)cc1NC(C)=O. The molecule has 1 rings (SSSR count). The highest BCUT2D eigenvalue weighted by Crippen LogP contribution is 2.26. The van der Waals surface area contributed by atoms with E-state index < -0.39 is 0 Å². The highest BCUT2D eigenvalue weighted by molar-refractivity contribution is 5.91. The van der Waals surface area contributed by atoms with Gasteiger partial charge in [-0.05, 0) is 24.6 Å². The Morgan fingerprint density at radius 2 is 2.27 bits per heavy atom. The molecule has 0 atom stereocenters. The lowest BCUT2D eigenvalue weighted by Gasteiger charge is -2.11. The lowest BCUT2D eigenvalue weighted by molar-refractivity contribution is -0.114. The molecule has 0 bridgehead atoms. The van der Waals surface area contributed by atoms with E-state index >= 15 is 0 Å². The van der Waals surface area contributed by atoms with E-state index in [0.29, 0.717) is 23.7 Å². The quantitative estimate of drug-likeness (QED) is 0.744. The molecule has 0 unspecified atom stereocenters. The molecular formula is C11H16N2O2. The Balaban J connectivity index is 2.87. The van der Waals surface area contributed by atoms with Crippen LogP contribution in [-0.4, -0.2) is 12.5 Å². The van der Waals surface area contributed by atoms with Crippen LogP contribution in [0.1, 0.15) is 20.3 Å². The van der Waals surface area contributed by atoms with Gasteiger partial charge in [-0.2, -0.15) is 0 Å². The number of hydrogen-bond donors (Lipinski definition) is 2. The molecule has 0 aliphatic rings. The Bertz CT molecular complexity index is 350. The first-order valence-electron chi connectivity index (χ1n) is 4.93. The molecule has 0 fully saturated rings. The Morgan fingerprint density at radius 3 is 2.87 bits per heavy atom. The van der Waals surface area contributed by atoms with Crippen LogP contribution in [0.2, 0.25) is 0 Å². The second kappa shape index (κ2) is 5.24. The molecule has 0 aliphatic carbocycles. The number of ether oxygens (including phenoxy) is 1. The molecule has 3 N–H and O–H groups in total. The number of rotatable bonds is 4. The summed E-state index contributed by atoms with van der Waals surface area (Å²) in [4.78, 5) is 10.9. The highest BCUT2D eigenvalue weighted by atomic mass is 16.5. The maximum Gasteiger partial charge on any atom is 0.221 e. The summed E-state index contributed by atoms with van der Waals surface area (Å²) in [5, 5.41) is 2.68. The molecule has 0 saturated heterocycles. The molecule has 0 spiro atoms. The maximum atomic E-state index is 10.9. The zero-order valence-electron chi connectivity index (χ0n) is 9.04. The fourth-order valence-corrected chi connectivity index (χ4v) is 1.17. The van der Waals surface area contributed by atoms with Crippen molar-refractivity contribution in [1.82, 2.24) is 0 Å². The summed E-state index contributed by atoms with van der Waals surface area (Å²) in [5.74, 6) is 0.517. The molecule has 4 nitrogen and oxygen atoms in total. The van der Waals surface area contributed by atoms with Crippen molar-refractivity contribution in [2.75, 3.05) is 17.7 Å². The van der Waals surface area contributed by atoms with Crippen molar-refractivity contribution in [2.24, 2.45) is 0 Å². The van der Waals surface area contributed by atoms with Crippen molar-refractivity contribution in [3.8, 4) is 5.75 Å². The van der Waals surface area contributed by atoms with Crippen LogP contribution in [0.25, 0.3) is 0 Å². The number of nitrogen functional groups attached to an aromatic ring is 1. The smallest absolute Gasteiger partial charge is 0.221 e. The summed E-state index contributed by atoms with van der Waals surface area (Å²) in [6.45, 7) is 4.10. The Hall–Kier alpha value is -1.71. The van der Waals surface area contributed by atoms with E-state index in [1.807, 2.05) is 6.92 Å². The molecule has 0 heterocycles. The fraction of sp³-hybridized carbons (Fsp3) is 0.364. The average Bonchev–Trinajstić information content (AvgIpc) is 2.16. The minimum Gasteiger partial charge on any atom is -0.491 e. The largest absolute Gasteiger partial charge is 0.491 e. The van der Waals surface area contributed by atoms with Gasteiger partial charge in [0.05, 0.1) is 12.3 Å². The van der Waals surface area contributed by atoms with Gasteiger partial charge in [0, 0.05) is 12.6 Å². The topological polar surface area (TPSA) is 64.3 Å². The summed E-state index contributed by atoms with van der Waals surface area (Å²) in [6.07, 6.45) is 0.921. The van der Waals surface area contributed by atoms with Crippen LogP contribution in [0.4, 0.5) is 11.4 Å². The molecule has 4 heteroatoms. The molecule has 1 aromatic rings. The first-order chi connectivity index (χ1) is 7.13. The van der Waals surface area contributed by atoms with Gasteiger partial charge in [-0.25, -0.2) is 0 Å². The first kappa shape index (κ1) is 11.4. The molecule has 15 heavy (non-hydrogen) atoms. The average molecular weight is 208 g/mol. The molecule has 0 aliphatic heterocycles. The fourth-order valence-electron chi connectivity index (χ4n) is 1.17. The zero-order valence-corrected chi connectivity index (χ0v) is 9.04. The van der Waals surface area contributed by atoms with E-state index in [-0.39, 0.29) is 5.91 Å². The lowest BCUT2D eigenvalue weighted by atomic mass is 10.2. The molecule has 0 aromatic heterocycles. The molecule has 0 radical (unpaired) electrons. The van der Waals surface area contributed by atoms with Gasteiger partial charge >= 0.3 is 0 Å². The lowest BCUT2D eigenvalue weighted by Crippen LogP contribution is -2.08. The summed E-state index contributed by atoms with van der Waals surface area (Å²) in [6, 6.07) is 5.19. The van der Waals surface area contributed by atoms with Gasteiger partial charge in [-0.15, -0.1) is 0 Å². The predicted octanol–water partition coefficient (Wildman–Crippen LogP) is 2.02. The van der Waals surface area contributed by atoms with Gasteiger partial charge in [0.25, 0.3) is 0 Å². The number of hydrogen-bond acceptors (Lipinski definition) is 3. The third-order valence-electron chi connectivity index (χ3n) is 1.78. The van der Waals surface area contributed by atoms with Gasteiger partial charge in [0.15, 0.2) is 0 Å². The number of benzene rings is 1. The first-order valence-corrected chi connectivity index (χ1v) is 4.93. The summed E-state index contributed by atoms with van der Waals surface area (Å²) >= 11 is 0. The van der Waals surface area contributed by atoms with Gasteiger partial charge < -0.3 is 15.8 Å². The van der Waals surface area contributed by atoms with E-state index in [9.17, 15) is 4.79 Å². The van der Waals surface area contributed by atoms with Crippen LogP contribution in [0, 0.1) is 0 Å². The summed E-state index contributed by atoms with van der Waals surface area (Å²) < 4.78 is 5.47.